The van der Waals surface area contributed by atoms with Crippen molar-refractivity contribution in [2.24, 2.45) is 5.92 Å². The first-order valence-corrected chi connectivity index (χ1v) is 5.72. The van der Waals surface area contributed by atoms with E-state index in [4.69, 9.17) is 0 Å². The highest BCUT2D eigenvalue weighted by atomic mass is 79.9. The molecule has 15 heavy (non-hydrogen) atoms. The van der Waals surface area contributed by atoms with E-state index in [9.17, 15) is 9.18 Å². The largest absolute Gasteiger partial charge is 0.326 e. The zero-order valence-corrected chi connectivity index (χ0v) is 9.68. The molecule has 0 aliphatic heterocycles. The molecule has 4 heteroatoms. The van der Waals surface area contributed by atoms with Crippen LogP contribution in [0.1, 0.15) is 19.3 Å². The van der Waals surface area contributed by atoms with E-state index in [0.29, 0.717) is 10.2 Å². The number of amides is 1. The Morgan fingerprint density at radius 1 is 1.47 bits per heavy atom. The van der Waals surface area contributed by atoms with Crippen LogP contribution in [0.4, 0.5) is 10.1 Å². The highest BCUT2D eigenvalue weighted by molar-refractivity contribution is 9.10. The van der Waals surface area contributed by atoms with Crippen molar-refractivity contribution >= 4 is 27.5 Å². The van der Waals surface area contributed by atoms with E-state index in [1.54, 1.807) is 12.1 Å². The Bertz CT molecular complexity index is 390. The molecule has 0 heterocycles. The van der Waals surface area contributed by atoms with Gasteiger partial charge in [-0.25, -0.2) is 4.39 Å². The second-order valence-corrected chi connectivity index (χ2v) is 4.60. The van der Waals surface area contributed by atoms with Gasteiger partial charge < -0.3 is 5.32 Å². The van der Waals surface area contributed by atoms with Gasteiger partial charge in [0.05, 0.1) is 4.47 Å². The molecule has 0 bridgehead atoms. The molecule has 80 valence electrons. The minimum Gasteiger partial charge on any atom is -0.326 e. The van der Waals surface area contributed by atoms with Gasteiger partial charge in [0, 0.05) is 11.6 Å². The number of halogens is 2. The molecule has 1 saturated carbocycles. The monoisotopic (exact) mass is 271 g/mol. The molecular weight excluding hydrogens is 261 g/mol. The Hall–Kier alpha value is -0.900. The van der Waals surface area contributed by atoms with Gasteiger partial charge in [0.25, 0.3) is 0 Å². The summed E-state index contributed by atoms with van der Waals surface area (Å²) in [6.07, 6.45) is 3.02. The van der Waals surface area contributed by atoms with Crippen LogP contribution >= 0.6 is 15.9 Å². The third kappa shape index (κ3) is 2.37. The summed E-state index contributed by atoms with van der Waals surface area (Å²) < 4.78 is 13.5. The Morgan fingerprint density at radius 3 is 2.73 bits per heavy atom. The summed E-state index contributed by atoms with van der Waals surface area (Å²) in [6, 6.07) is 4.59. The van der Waals surface area contributed by atoms with Crippen molar-refractivity contribution < 1.29 is 9.18 Å². The second kappa shape index (κ2) is 4.31. The molecule has 1 fully saturated rings. The predicted molar refractivity (Wildman–Crippen MR) is 60.1 cm³/mol. The average Bonchev–Trinajstić information content (AvgIpc) is 2.08. The van der Waals surface area contributed by atoms with Gasteiger partial charge in [0.15, 0.2) is 0 Å². The first-order valence-electron chi connectivity index (χ1n) is 4.93. The molecule has 1 aliphatic rings. The van der Waals surface area contributed by atoms with Crippen molar-refractivity contribution in [2.75, 3.05) is 5.32 Å². The molecule has 0 spiro atoms. The van der Waals surface area contributed by atoms with Crippen LogP contribution in [0.2, 0.25) is 0 Å². The van der Waals surface area contributed by atoms with E-state index in [1.807, 2.05) is 0 Å². The molecule has 0 aromatic heterocycles. The summed E-state index contributed by atoms with van der Waals surface area (Å²) in [7, 11) is 0. The number of nitrogens with one attached hydrogen (secondary N) is 1. The second-order valence-electron chi connectivity index (χ2n) is 3.75. The third-order valence-corrected chi connectivity index (χ3v) is 3.31. The summed E-state index contributed by atoms with van der Waals surface area (Å²) in [4.78, 5) is 11.5. The SMILES string of the molecule is O=C(Nc1ccc(Br)c(F)c1)C1CCC1. The van der Waals surface area contributed by atoms with Crippen molar-refractivity contribution in [3.05, 3.63) is 28.5 Å². The van der Waals surface area contributed by atoms with Gasteiger partial charge >= 0.3 is 0 Å². The number of hydrogen-bond acceptors (Lipinski definition) is 1. The molecule has 2 rings (SSSR count). The van der Waals surface area contributed by atoms with Crippen molar-refractivity contribution in [3.8, 4) is 0 Å². The van der Waals surface area contributed by atoms with E-state index in [2.05, 4.69) is 21.2 Å². The van der Waals surface area contributed by atoms with Crippen LogP contribution in [0, 0.1) is 11.7 Å². The number of carbonyl (C=O) groups excluding carboxylic acids is 1. The van der Waals surface area contributed by atoms with Crippen LogP contribution in [-0.4, -0.2) is 5.91 Å². The van der Waals surface area contributed by atoms with E-state index < -0.39 is 0 Å². The van der Waals surface area contributed by atoms with Crippen molar-refractivity contribution in [2.45, 2.75) is 19.3 Å². The number of carbonyl (C=O) groups is 1. The van der Waals surface area contributed by atoms with Crippen LogP contribution in [0.5, 0.6) is 0 Å². The lowest BCUT2D eigenvalue weighted by molar-refractivity contribution is -0.122. The van der Waals surface area contributed by atoms with Crippen LogP contribution < -0.4 is 5.32 Å². The summed E-state index contributed by atoms with van der Waals surface area (Å²) in [6.45, 7) is 0. The standard InChI is InChI=1S/C11H11BrFNO/c12-9-5-4-8(6-10(9)13)14-11(15)7-2-1-3-7/h4-7H,1-3H2,(H,14,15). The summed E-state index contributed by atoms with van der Waals surface area (Å²) in [5.41, 5.74) is 0.521. The molecule has 2 nitrogen and oxygen atoms in total. The summed E-state index contributed by atoms with van der Waals surface area (Å²) in [5, 5.41) is 2.71. The van der Waals surface area contributed by atoms with Crippen molar-refractivity contribution in [1.82, 2.24) is 0 Å². The highest BCUT2D eigenvalue weighted by Gasteiger charge is 2.25. The van der Waals surface area contributed by atoms with E-state index in [1.165, 1.54) is 6.07 Å². The summed E-state index contributed by atoms with van der Waals surface area (Å²) in [5.74, 6) is -0.235. The van der Waals surface area contributed by atoms with E-state index >= 15 is 0 Å². The Morgan fingerprint density at radius 2 is 2.20 bits per heavy atom. The lowest BCUT2D eigenvalue weighted by Crippen LogP contribution is -2.28. The smallest absolute Gasteiger partial charge is 0.227 e. The zero-order chi connectivity index (χ0) is 10.8. The molecule has 1 aromatic rings. The van der Waals surface area contributed by atoms with Gasteiger partial charge in [-0.05, 0) is 47.0 Å². The highest BCUT2D eigenvalue weighted by Crippen LogP contribution is 2.28. The normalized spacial score (nSPS) is 15.9. The lowest BCUT2D eigenvalue weighted by atomic mass is 9.85. The fourth-order valence-corrected chi connectivity index (χ4v) is 1.74. The number of benzene rings is 1. The van der Waals surface area contributed by atoms with Crippen LogP contribution in [0.25, 0.3) is 0 Å². The molecular formula is C11H11BrFNO. The van der Waals surface area contributed by atoms with Crippen LogP contribution in [0.3, 0.4) is 0 Å². The van der Waals surface area contributed by atoms with Crippen LogP contribution in [-0.2, 0) is 4.79 Å². The Balaban J connectivity index is 2.03. The van der Waals surface area contributed by atoms with Gasteiger partial charge in [0.1, 0.15) is 5.82 Å². The molecule has 0 radical (unpaired) electrons. The number of rotatable bonds is 2. The fourth-order valence-electron chi connectivity index (χ4n) is 1.49. The quantitative estimate of drug-likeness (QED) is 0.879. The van der Waals surface area contributed by atoms with Gasteiger partial charge in [-0.2, -0.15) is 0 Å². The number of anilines is 1. The molecule has 1 N–H and O–H groups in total. The van der Waals surface area contributed by atoms with Gasteiger partial charge in [-0.15, -0.1) is 0 Å². The Labute approximate surface area is 96.0 Å². The molecule has 1 aliphatic carbocycles. The molecule has 1 aromatic carbocycles. The Kier molecular flexibility index (Phi) is 3.05. The number of hydrogen-bond donors (Lipinski definition) is 1. The van der Waals surface area contributed by atoms with E-state index in [-0.39, 0.29) is 17.6 Å². The maximum Gasteiger partial charge on any atom is 0.227 e. The maximum atomic E-state index is 13.1. The minimum atomic E-state index is -0.360. The van der Waals surface area contributed by atoms with Crippen molar-refractivity contribution in [1.29, 1.82) is 0 Å². The molecule has 1 amide bonds. The minimum absolute atomic E-state index is 0.00275. The van der Waals surface area contributed by atoms with Gasteiger partial charge in [-0.3, -0.25) is 4.79 Å². The molecule has 0 saturated heterocycles. The topological polar surface area (TPSA) is 29.1 Å². The third-order valence-electron chi connectivity index (χ3n) is 2.66. The lowest BCUT2D eigenvalue weighted by Gasteiger charge is -2.24. The average molecular weight is 272 g/mol. The summed E-state index contributed by atoms with van der Waals surface area (Å²) >= 11 is 3.06. The van der Waals surface area contributed by atoms with E-state index in [0.717, 1.165) is 19.3 Å². The van der Waals surface area contributed by atoms with Gasteiger partial charge in [-0.1, -0.05) is 6.42 Å². The van der Waals surface area contributed by atoms with Gasteiger partial charge in [0.2, 0.25) is 5.91 Å². The fraction of sp³-hybridized carbons (Fsp3) is 0.364. The predicted octanol–water partition coefficient (Wildman–Crippen LogP) is 3.33. The first-order chi connectivity index (χ1) is 7.16. The molecule has 0 atom stereocenters. The molecule has 0 unspecified atom stereocenters. The zero-order valence-electron chi connectivity index (χ0n) is 8.09. The van der Waals surface area contributed by atoms with Crippen molar-refractivity contribution in [3.63, 3.8) is 0 Å². The maximum absolute atomic E-state index is 13.1. The van der Waals surface area contributed by atoms with Crippen LogP contribution in [0.15, 0.2) is 22.7 Å². The first kappa shape index (κ1) is 10.6.